The zero-order chi connectivity index (χ0) is 62.6. The van der Waals surface area contributed by atoms with E-state index in [1.807, 2.05) is 0 Å². The number of para-hydroxylation sites is 2. The third-order valence-corrected chi connectivity index (χ3v) is 14.5. The molecule has 2 unspecified atom stereocenters. The number of hydrogen-bond acceptors (Lipinski definition) is 21. The molecule has 0 amide bonds. The predicted octanol–water partition coefficient (Wildman–Crippen LogP) is 6.01. The third-order valence-electron chi connectivity index (χ3n) is 14.5. The van der Waals surface area contributed by atoms with Crippen LogP contribution < -0.4 is 9.74 Å². The van der Waals surface area contributed by atoms with E-state index in [2.05, 4.69) is 102 Å². The van der Waals surface area contributed by atoms with Gasteiger partial charge in [-0.25, -0.2) is 4.79 Å². The maximum atomic E-state index is 12.0. The average Bonchev–Trinajstić information content (AvgIpc) is 3.89. The number of aromatic hydroxyl groups is 2. The molecule has 2 aliphatic heterocycles. The number of carbonyl (C=O) groups excluding carboxylic acids is 1. The summed E-state index contributed by atoms with van der Waals surface area (Å²) in [7, 11) is 4.96. The Kier molecular flexibility index (Phi) is 37.7. The maximum Gasteiger partial charge on any atom is 0.335 e. The van der Waals surface area contributed by atoms with Crippen molar-refractivity contribution in [1.29, 1.82) is 0 Å². The van der Waals surface area contributed by atoms with Crippen molar-refractivity contribution in [3.8, 4) is 11.8 Å². The van der Waals surface area contributed by atoms with Crippen molar-refractivity contribution in [2.75, 3.05) is 231 Å². The number of rotatable bonds is 55. The van der Waals surface area contributed by atoms with E-state index < -0.39 is 5.97 Å². The molecule has 0 spiro atoms. The molecular formula is C65H100N3O20+. The summed E-state index contributed by atoms with van der Waals surface area (Å²) < 4.78 is 93.7. The fourth-order valence-electron chi connectivity index (χ4n) is 9.87. The van der Waals surface area contributed by atoms with E-state index in [9.17, 15) is 15.0 Å². The summed E-state index contributed by atoms with van der Waals surface area (Å²) in [5.41, 5.74) is 6.27. The molecule has 0 fully saturated rings. The molecule has 2 aliphatic rings. The Hall–Kier alpha value is -5.16. The van der Waals surface area contributed by atoms with Crippen LogP contribution in [0.15, 0.2) is 96.7 Å². The minimum atomic E-state index is -0.670. The summed E-state index contributed by atoms with van der Waals surface area (Å²) in [5, 5.41) is 19.3. The summed E-state index contributed by atoms with van der Waals surface area (Å²) in [4.78, 5) is 19.3. The largest absolute Gasteiger partial charge is 0.492 e. The zero-order valence-corrected chi connectivity index (χ0v) is 52.8. The lowest BCUT2D eigenvalue weighted by Gasteiger charge is -2.30. The topological polar surface area (TPSA) is 226 Å². The molecule has 88 heavy (non-hydrogen) atoms. The standard InChI is InChI=1S/C65H99N3O20/c1-64(22-27-76-38-43-84-50-47-80-34-31-72-3)55-13-9-11-15-57(55)66(24-29-78-40-45-86-52-49-82-36-33-74-5)59(64)17-7-6-8-18-60-65(2,23-28-77-39-44-85-51-48-81-35-32-73-4)56-14-10-12-16-58(56)67(60)25-30-79-41-46-87-54-53-83-42-37-75-26-21-63(71)88-68-61(69)19-20-62(68)70/h6-20H,21-54H2,1-5H3,(H-,69,70)/p+1. The first-order valence-electron chi connectivity index (χ1n) is 30.6. The molecule has 3 heterocycles. The molecule has 0 radical (unpaired) electrons. The minimum Gasteiger partial charge on any atom is -0.492 e. The number of fused-ring (bicyclic) bond motifs is 2. The lowest BCUT2D eigenvalue weighted by molar-refractivity contribution is -0.442. The molecule has 0 bridgehead atoms. The molecule has 3 aromatic rings. The van der Waals surface area contributed by atoms with Gasteiger partial charge in [0, 0.05) is 87.7 Å². The molecule has 0 aliphatic carbocycles. The van der Waals surface area contributed by atoms with Crippen LogP contribution in [0, 0.1) is 0 Å². The Balaban J connectivity index is 1.21. The van der Waals surface area contributed by atoms with Crippen LogP contribution in [0.4, 0.5) is 11.4 Å². The molecule has 23 nitrogen and oxygen atoms in total. The number of allylic oxidation sites excluding steroid dienone is 6. The van der Waals surface area contributed by atoms with Crippen LogP contribution in [-0.2, 0) is 91.4 Å². The van der Waals surface area contributed by atoms with Gasteiger partial charge in [-0.1, -0.05) is 54.6 Å². The van der Waals surface area contributed by atoms with E-state index in [0.717, 1.165) is 35.6 Å². The molecule has 494 valence electrons. The van der Waals surface area contributed by atoms with E-state index in [0.29, 0.717) is 196 Å². The number of hydrogen-bond donors (Lipinski definition) is 2. The van der Waals surface area contributed by atoms with Gasteiger partial charge in [-0.15, -0.1) is 4.73 Å². The van der Waals surface area contributed by atoms with E-state index in [4.69, 9.17) is 80.6 Å². The Morgan fingerprint density at radius 2 is 0.864 bits per heavy atom. The van der Waals surface area contributed by atoms with Crippen LogP contribution in [0.3, 0.4) is 0 Å². The van der Waals surface area contributed by atoms with Gasteiger partial charge < -0.3 is 95.7 Å². The molecule has 5 rings (SSSR count). The Morgan fingerprint density at radius 1 is 0.455 bits per heavy atom. The number of nitrogens with zero attached hydrogens (tertiary/aromatic N) is 3. The van der Waals surface area contributed by atoms with Gasteiger partial charge in [-0.05, 0) is 44.4 Å². The fourth-order valence-corrected chi connectivity index (χ4v) is 9.87. The van der Waals surface area contributed by atoms with Crippen molar-refractivity contribution in [3.63, 3.8) is 0 Å². The van der Waals surface area contributed by atoms with Gasteiger partial charge in [-0.3, -0.25) is 0 Å². The molecule has 2 aromatic carbocycles. The molecule has 2 N–H and O–H groups in total. The SMILES string of the molecule is COCCOCCOCCOCC[N+]1=C(C=CC=CC=C2N(CCOCCOCCOCCOCCC(=O)On3c(O)ccc3O)c3ccccc3C2(C)CCOCCOCCOCCOC)C(C)(CCOCCOCCOCCOC)c2ccccc21. The van der Waals surface area contributed by atoms with Crippen molar-refractivity contribution in [2.24, 2.45) is 0 Å². The molecule has 0 saturated carbocycles. The summed E-state index contributed by atoms with van der Waals surface area (Å²) in [5.74, 6) is -1.45. The highest BCUT2D eigenvalue weighted by molar-refractivity contribution is 6.03. The van der Waals surface area contributed by atoms with Gasteiger partial charge in [0.25, 0.3) is 0 Å². The van der Waals surface area contributed by atoms with Gasteiger partial charge in [0.05, 0.1) is 184 Å². The van der Waals surface area contributed by atoms with E-state index >= 15 is 0 Å². The van der Waals surface area contributed by atoms with Crippen LogP contribution >= 0.6 is 0 Å². The zero-order valence-electron chi connectivity index (χ0n) is 52.8. The fraction of sp³-hybridized carbons (Fsp3) is 0.631. The van der Waals surface area contributed by atoms with Gasteiger partial charge in [-0.2, -0.15) is 4.58 Å². The lowest BCUT2D eigenvalue weighted by Crippen LogP contribution is -2.33. The predicted molar refractivity (Wildman–Crippen MR) is 331 cm³/mol. The summed E-state index contributed by atoms with van der Waals surface area (Å²) in [6, 6.07) is 19.6. The first kappa shape index (κ1) is 73.6. The Labute approximate surface area is 520 Å². The van der Waals surface area contributed by atoms with Crippen LogP contribution in [0.2, 0.25) is 0 Å². The van der Waals surface area contributed by atoms with Gasteiger partial charge in [0.1, 0.15) is 6.61 Å². The number of methoxy groups -OCH3 is 3. The van der Waals surface area contributed by atoms with Crippen molar-refractivity contribution < 1.29 is 100 Å². The number of aromatic nitrogens is 1. The summed E-state index contributed by atoms with van der Waals surface area (Å²) >= 11 is 0. The first-order chi connectivity index (χ1) is 43.2. The van der Waals surface area contributed by atoms with Crippen LogP contribution in [0.25, 0.3) is 0 Å². The smallest absolute Gasteiger partial charge is 0.335 e. The highest BCUT2D eigenvalue weighted by Gasteiger charge is 2.47. The number of benzene rings is 2. The molecule has 0 saturated heterocycles. The molecule has 23 heteroatoms. The maximum absolute atomic E-state index is 12.0. The van der Waals surface area contributed by atoms with Gasteiger partial charge >= 0.3 is 5.97 Å². The average molecular weight is 1240 g/mol. The van der Waals surface area contributed by atoms with Gasteiger partial charge in [0.15, 0.2) is 12.3 Å². The Morgan fingerprint density at radius 3 is 1.36 bits per heavy atom. The highest BCUT2D eigenvalue weighted by Crippen LogP contribution is 2.50. The number of anilines is 1. The van der Waals surface area contributed by atoms with E-state index in [-0.39, 0.29) is 42.2 Å². The second-order valence-corrected chi connectivity index (χ2v) is 20.7. The molecular weight excluding hydrogens is 1140 g/mol. The quantitative estimate of drug-likeness (QED) is 0.0375. The van der Waals surface area contributed by atoms with E-state index in [1.54, 1.807) is 21.3 Å². The Bertz CT molecular complexity index is 2450. The van der Waals surface area contributed by atoms with Crippen LogP contribution in [0.5, 0.6) is 11.8 Å². The highest BCUT2D eigenvalue weighted by atomic mass is 16.7. The summed E-state index contributed by atoms with van der Waals surface area (Å²) in [6.07, 6.45) is 12.2. The number of carbonyl (C=O) groups is 1. The normalized spacial score (nSPS) is 17.0. The molecule has 1 aromatic heterocycles. The van der Waals surface area contributed by atoms with Crippen molar-refractivity contribution in [1.82, 2.24) is 4.73 Å². The first-order valence-corrected chi connectivity index (χ1v) is 30.6. The molecule has 2 atom stereocenters. The minimum absolute atomic E-state index is 0.0704. The van der Waals surface area contributed by atoms with Crippen molar-refractivity contribution in [2.45, 2.75) is 43.9 Å². The lowest BCUT2D eigenvalue weighted by atomic mass is 9.76. The second kappa shape index (κ2) is 45.1. The van der Waals surface area contributed by atoms with Crippen LogP contribution in [-0.4, -0.2) is 257 Å². The van der Waals surface area contributed by atoms with Crippen LogP contribution in [0.1, 0.15) is 44.2 Å². The van der Waals surface area contributed by atoms with Crippen molar-refractivity contribution >= 4 is 23.1 Å². The van der Waals surface area contributed by atoms with Gasteiger partial charge in [0.2, 0.25) is 17.4 Å². The summed E-state index contributed by atoms with van der Waals surface area (Å²) in [6.45, 7) is 19.2. The van der Waals surface area contributed by atoms with E-state index in [1.165, 1.54) is 23.3 Å². The van der Waals surface area contributed by atoms with Crippen molar-refractivity contribution in [3.05, 3.63) is 108 Å². The monoisotopic (exact) mass is 1240 g/mol. The second-order valence-electron chi connectivity index (χ2n) is 20.7. The third kappa shape index (κ3) is 26.4. The number of ether oxygens (including phenoxy) is 16.